The van der Waals surface area contributed by atoms with E-state index in [-0.39, 0.29) is 17.9 Å². The second kappa shape index (κ2) is 10.7. The molecule has 5 heteroatoms. The topological polar surface area (TPSA) is 78.8 Å². The van der Waals surface area contributed by atoms with E-state index < -0.39 is 6.10 Å². The molecule has 0 radical (unpaired) electrons. The Bertz CT molecular complexity index is 702. The van der Waals surface area contributed by atoms with Gasteiger partial charge in [-0.2, -0.15) is 0 Å². The molecule has 2 bridgehead atoms. The van der Waals surface area contributed by atoms with Gasteiger partial charge in [-0.15, -0.1) is 0 Å². The summed E-state index contributed by atoms with van der Waals surface area (Å²) in [5, 5.41) is 19.1. The van der Waals surface area contributed by atoms with Crippen LogP contribution in [0, 0.1) is 11.8 Å². The molecular formula is C24H33NO4. The van der Waals surface area contributed by atoms with Gasteiger partial charge in [0.05, 0.1) is 18.3 Å². The molecular weight excluding hydrogens is 366 g/mol. The lowest BCUT2D eigenvalue weighted by atomic mass is 9.77. The fraction of sp³-hybridized carbons (Fsp3) is 0.542. The Hall–Kier alpha value is -1.95. The molecule has 2 aliphatic heterocycles. The maximum atomic E-state index is 11.0. The Labute approximate surface area is 173 Å². The van der Waals surface area contributed by atoms with Gasteiger partial charge in [0.2, 0.25) is 5.91 Å². The monoisotopic (exact) mass is 399 g/mol. The average Bonchev–Trinajstić information content (AvgIpc) is 3.36. The predicted molar refractivity (Wildman–Crippen MR) is 112 cm³/mol. The van der Waals surface area contributed by atoms with Crippen LogP contribution in [0.1, 0.15) is 56.9 Å². The molecule has 0 aliphatic carbocycles. The number of carbonyl (C=O) groups excluding carboxylic acids is 1. The largest absolute Gasteiger partial charge is 0.388 e. The molecule has 6 atom stereocenters. The number of aliphatic hydroxyl groups is 1. The summed E-state index contributed by atoms with van der Waals surface area (Å²) in [4.78, 5) is 11.0. The highest BCUT2D eigenvalue weighted by Crippen LogP contribution is 2.46. The number of hydrogen-bond acceptors (Lipinski definition) is 4. The van der Waals surface area contributed by atoms with Crippen LogP contribution in [0.2, 0.25) is 0 Å². The summed E-state index contributed by atoms with van der Waals surface area (Å²) in [6.45, 7) is 2.05. The van der Waals surface area contributed by atoms with Gasteiger partial charge in [-0.3, -0.25) is 10.0 Å². The molecule has 2 saturated heterocycles. The fourth-order valence-corrected chi connectivity index (χ4v) is 4.56. The van der Waals surface area contributed by atoms with Crippen LogP contribution in [0.4, 0.5) is 0 Å². The first-order valence-corrected chi connectivity index (χ1v) is 10.7. The molecule has 29 heavy (non-hydrogen) atoms. The first kappa shape index (κ1) is 21.8. The zero-order valence-corrected chi connectivity index (χ0v) is 17.1. The summed E-state index contributed by atoms with van der Waals surface area (Å²) in [5.74, 6) is 0.507. The van der Waals surface area contributed by atoms with Gasteiger partial charge >= 0.3 is 0 Å². The number of amides is 1. The molecule has 0 saturated carbocycles. The number of carbonyl (C=O) groups is 1. The number of aliphatic hydroxyl groups excluding tert-OH is 1. The number of hydrogen-bond donors (Lipinski definition) is 3. The lowest BCUT2D eigenvalue weighted by molar-refractivity contribution is -0.129. The van der Waals surface area contributed by atoms with Crippen molar-refractivity contribution in [2.45, 2.75) is 69.7 Å². The van der Waals surface area contributed by atoms with Crippen LogP contribution in [0.3, 0.4) is 0 Å². The summed E-state index contributed by atoms with van der Waals surface area (Å²) in [7, 11) is 0. The SMILES string of the molecule is CC(c1ccccc1)C(O)C=C[C@@H]1[C@H](CC=CCCCC(=O)NO)[C@@H]2CC[C@H]1O2. The van der Waals surface area contributed by atoms with E-state index in [1.54, 1.807) is 5.48 Å². The lowest BCUT2D eigenvalue weighted by Gasteiger charge is -2.25. The first-order valence-electron chi connectivity index (χ1n) is 10.7. The Morgan fingerprint density at radius 1 is 1.24 bits per heavy atom. The maximum absolute atomic E-state index is 11.0. The number of fused-ring (bicyclic) bond motifs is 2. The van der Waals surface area contributed by atoms with Gasteiger partial charge in [-0.05, 0) is 43.6 Å². The molecule has 158 valence electrons. The second-order valence-electron chi connectivity index (χ2n) is 8.24. The van der Waals surface area contributed by atoms with Gasteiger partial charge in [-0.25, -0.2) is 5.48 Å². The van der Waals surface area contributed by atoms with Crippen LogP contribution in [-0.4, -0.2) is 34.5 Å². The molecule has 1 aromatic carbocycles. The van der Waals surface area contributed by atoms with Crippen LogP contribution in [0.5, 0.6) is 0 Å². The minimum Gasteiger partial charge on any atom is -0.388 e. The molecule has 1 amide bonds. The van der Waals surface area contributed by atoms with Crippen LogP contribution in [-0.2, 0) is 9.53 Å². The van der Waals surface area contributed by atoms with E-state index in [0.29, 0.717) is 24.4 Å². The number of ether oxygens (including phenoxy) is 1. The quantitative estimate of drug-likeness (QED) is 0.239. The molecule has 5 nitrogen and oxygen atoms in total. The predicted octanol–water partition coefficient (Wildman–Crippen LogP) is 4.12. The van der Waals surface area contributed by atoms with Crippen molar-refractivity contribution >= 4 is 5.91 Å². The fourth-order valence-electron chi connectivity index (χ4n) is 4.56. The van der Waals surface area contributed by atoms with Crippen molar-refractivity contribution in [1.82, 2.24) is 5.48 Å². The summed E-state index contributed by atoms with van der Waals surface area (Å²) < 4.78 is 6.15. The number of allylic oxidation sites excluding steroid dienone is 2. The number of hydroxylamine groups is 1. The summed E-state index contributed by atoms with van der Waals surface area (Å²) in [6.07, 6.45) is 13.6. The standard InChI is InChI=1S/C24H33NO4/c1-17(18-9-5-4-6-10-18)21(26)14-13-20-19(22-15-16-23(20)29-22)11-7-2-3-8-12-24(27)25-28/h2,4-7,9-10,13-14,17,19-23,26,28H,3,8,11-12,15-16H2,1H3,(H,25,27)/t17?,19-,20+,21?,22-,23+/m0/s1. The Balaban J connectivity index is 1.52. The van der Waals surface area contributed by atoms with Gasteiger partial charge in [0, 0.05) is 18.3 Å². The Morgan fingerprint density at radius 2 is 2.00 bits per heavy atom. The lowest BCUT2D eigenvalue weighted by Crippen LogP contribution is -2.26. The van der Waals surface area contributed by atoms with Crippen molar-refractivity contribution in [2.75, 3.05) is 0 Å². The first-order chi connectivity index (χ1) is 14.1. The zero-order chi connectivity index (χ0) is 20.6. The van der Waals surface area contributed by atoms with Gasteiger partial charge in [0.25, 0.3) is 0 Å². The molecule has 0 aromatic heterocycles. The molecule has 3 rings (SSSR count). The molecule has 1 aromatic rings. The zero-order valence-electron chi connectivity index (χ0n) is 17.1. The van der Waals surface area contributed by atoms with Gasteiger partial charge in [0.1, 0.15) is 0 Å². The number of nitrogens with one attached hydrogen (secondary N) is 1. The number of benzene rings is 1. The maximum Gasteiger partial charge on any atom is 0.243 e. The molecule has 2 fully saturated rings. The summed E-state index contributed by atoms with van der Waals surface area (Å²) in [5.41, 5.74) is 2.80. The highest BCUT2D eigenvalue weighted by Gasteiger charge is 2.46. The van der Waals surface area contributed by atoms with Crippen molar-refractivity contribution in [3.8, 4) is 0 Å². The second-order valence-corrected chi connectivity index (χ2v) is 8.24. The van der Waals surface area contributed by atoms with E-state index in [9.17, 15) is 9.90 Å². The van der Waals surface area contributed by atoms with Crippen molar-refractivity contribution in [2.24, 2.45) is 11.8 Å². The Morgan fingerprint density at radius 3 is 2.76 bits per heavy atom. The molecule has 2 heterocycles. The van der Waals surface area contributed by atoms with Crippen molar-refractivity contribution in [3.05, 3.63) is 60.2 Å². The van der Waals surface area contributed by atoms with Crippen LogP contribution >= 0.6 is 0 Å². The van der Waals surface area contributed by atoms with E-state index >= 15 is 0 Å². The summed E-state index contributed by atoms with van der Waals surface area (Å²) >= 11 is 0. The molecule has 2 aliphatic rings. The van der Waals surface area contributed by atoms with Gasteiger partial charge in [-0.1, -0.05) is 61.6 Å². The highest BCUT2D eigenvalue weighted by atomic mass is 16.5. The van der Waals surface area contributed by atoms with Gasteiger partial charge in [0.15, 0.2) is 0 Å². The van der Waals surface area contributed by atoms with Crippen LogP contribution in [0.25, 0.3) is 0 Å². The van der Waals surface area contributed by atoms with E-state index in [0.717, 1.165) is 37.7 Å². The smallest absolute Gasteiger partial charge is 0.243 e. The average molecular weight is 400 g/mol. The number of unbranched alkanes of at least 4 members (excludes halogenated alkanes) is 1. The molecule has 3 N–H and O–H groups in total. The van der Waals surface area contributed by atoms with Crippen LogP contribution < -0.4 is 5.48 Å². The van der Waals surface area contributed by atoms with Crippen LogP contribution in [0.15, 0.2) is 54.6 Å². The Kier molecular flexibility index (Phi) is 8.04. The van der Waals surface area contributed by atoms with Crippen molar-refractivity contribution in [3.63, 3.8) is 0 Å². The van der Waals surface area contributed by atoms with Crippen molar-refractivity contribution in [1.29, 1.82) is 0 Å². The van der Waals surface area contributed by atoms with Crippen molar-refractivity contribution < 1.29 is 19.8 Å². The number of rotatable bonds is 10. The van der Waals surface area contributed by atoms with E-state index in [4.69, 9.17) is 9.94 Å². The third kappa shape index (κ3) is 5.78. The summed E-state index contributed by atoms with van der Waals surface area (Å²) in [6, 6.07) is 10.1. The van der Waals surface area contributed by atoms with Gasteiger partial charge < -0.3 is 9.84 Å². The minimum atomic E-state index is -0.509. The highest BCUT2D eigenvalue weighted by molar-refractivity contribution is 5.74. The normalized spacial score (nSPS) is 28.2. The molecule has 0 spiro atoms. The third-order valence-electron chi connectivity index (χ3n) is 6.33. The van der Waals surface area contributed by atoms with E-state index in [1.165, 1.54) is 0 Å². The third-order valence-corrected chi connectivity index (χ3v) is 6.33. The molecule has 2 unspecified atom stereocenters. The minimum absolute atomic E-state index is 0.0569. The van der Waals surface area contributed by atoms with E-state index in [1.807, 2.05) is 24.3 Å². The van der Waals surface area contributed by atoms with E-state index in [2.05, 4.69) is 37.3 Å².